The number of nitrogens with zero attached hydrogens (tertiary/aromatic N) is 1. The normalized spacial score (nSPS) is 11.9. The largest absolute Gasteiger partial charge is 0.395 e. The zero-order valence-corrected chi connectivity index (χ0v) is 10.8. The molecule has 0 aromatic heterocycles. The molecule has 0 radical (unpaired) electrons. The molecule has 0 spiro atoms. The van der Waals surface area contributed by atoms with Crippen LogP contribution in [-0.2, 0) is 0 Å². The van der Waals surface area contributed by atoms with E-state index in [1.54, 1.807) is 12.1 Å². The van der Waals surface area contributed by atoms with E-state index >= 15 is 0 Å². The van der Waals surface area contributed by atoms with Gasteiger partial charge in [-0.05, 0) is 18.6 Å². The van der Waals surface area contributed by atoms with Crippen molar-refractivity contribution in [3.8, 4) is 0 Å². The molecule has 0 saturated heterocycles. The highest BCUT2D eigenvalue weighted by atomic mass is 16.6. The minimum absolute atomic E-state index is 0.0653. The zero-order chi connectivity index (χ0) is 14.3. The van der Waals surface area contributed by atoms with Crippen molar-refractivity contribution in [2.45, 2.75) is 19.4 Å². The molecule has 4 N–H and O–H groups in total. The van der Waals surface area contributed by atoms with Crippen LogP contribution in [0.25, 0.3) is 0 Å². The molecule has 0 aliphatic carbocycles. The lowest BCUT2D eigenvalue weighted by Crippen LogP contribution is -2.18. The third-order valence-electron chi connectivity index (χ3n) is 2.63. The lowest BCUT2D eigenvalue weighted by atomic mass is 10.2. The third kappa shape index (κ3) is 4.72. The van der Waals surface area contributed by atoms with Crippen LogP contribution in [0.15, 0.2) is 18.2 Å². The molecule has 1 unspecified atom stereocenters. The van der Waals surface area contributed by atoms with Gasteiger partial charge in [-0.15, -0.1) is 0 Å². The molecule has 7 nitrogen and oxygen atoms in total. The fourth-order valence-electron chi connectivity index (χ4n) is 1.51. The monoisotopic (exact) mass is 269 g/mol. The molecule has 19 heavy (non-hydrogen) atoms. The number of benzene rings is 1. The number of nitrogens with one attached hydrogen (secondary N) is 2. The Labute approximate surface area is 111 Å². The number of anilines is 2. The van der Waals surface area contributed by atoms with E-state index in [0.29, 0.717) is 24.3 Å². The SMILES string of the molecule is CCC(O)CNc1ccc(NCCO)c([N+](=O)[O-])c1. The van der Waals surface area contributed by atoms with Gasteiger partial charge in [0, 0.05) is 24.8 Å². The van der Waals surface area contributed by atoms with Crippen LogP contribution in [0.2, 0.25) is 0 Å². The molecule has 1 aromatic carbocycles. The molecule has 0 aliphatic heterocycles. The topological polar surface area (TPSA) is 108 Å². The second-order valence-electron chi connectivity index (χ2n) is 4.08. The van der Waals surface area contributed by atoms with Gasteiger partial charge in [0.05, 0.1) is 17.6 Å². The van der Waals surface area contributed by atoms with Crippen LogP contribution >= 0.6 is 0 Å². The van der Waals surface area contributed by atoms with Crippen molar-refractivity contribution in [2.75, 3.05) is 30.3 Å². The van der Waals surface area contributed by atoms with E-state index in [2.05, 4.69) is 10.6 Å². The Kier molecular flexibility index (Phi) is 6.04. The first-order chi connectivity index (χ1) is 9.08. The van der Waals surface area contributed by atoms with Gasteiger partial charge in [0.15, 0.2) is 0 Å². The number of hydrogen-bond acceptors (Lipinski definition) is 6. The standard InChI is InChI=1S/C12H19N3O4/c1-2-10(17)8-14-9-3-4-11(13-5-6-16)12(7-9)15(18)19/h3-4,7,10,13-14,16-17H,2,5-6,8H2,1H3. The summed E-state index contributed by atoms with van der Waals surface area (Å²) in [7, 11) is 0. The first-order valence-electron chi connectivity index (χ1n) is 6.13. The van der Waals surface area contributed by atoms with E-state index in [1.165, 1.54) is 6.07 Å². The van der Waals surface area contributed by atoms with Crippen LogP contribution in [0, 0.1) is 10.1 Å². The summed E-state index contributed by atoms with van der Waals surface area (Å²) in [6, 6.07) is 4.67. The average molecular weight is 269 g/mol. The van der Waals surface area contributed by atoms with Gasteiger partial charge in [0.1, 0.15) is 5.69 Å². The summed E-state index contributed by atoms with van der Waals surface area (Å²) in [5.74, 6) is 0. The van der Waals surface area contributed by atoms with E-state index in [-0.39, 0.29) is 18.8 Å². The molecule has 1 aromatic rings. The summed E-state index contributed by atoms with van der Waals surface area (Å²) in [5, 5.41) is 34.8. The van der Waals surface area contributed by atoms with Crippen LogP contribution < -0.4 is 10.6 Å². The summed E-state index contributed by atoms with van der Waals surface area (Å²) < 4.78 is 0. The number of rotatable bonds is 8. The smallest absolute Gasteiger partial charge is 0.294 e. The molecule has 0 saturated carbocycles. The minimum Gasteiger partial charge on any atom is -0.395 e. The van der Waals surface area contributed by atoms with Gasteiger partial charge in [-0.2, -0.15) is 0 Å². The molecular weight excluding hydrogens is 250 g/mol. The number of aliphatic hydroxyl groups is 2. The van der Waals surface area contributed by atoms with Gasteiger partial charge < -0.3 is 20.8 Å². The second-order valence-corrected chi connectivity index (χ2v) is 4.08. The fourth-order valence-corrected chi connectivity index (χ4v) is 1.51. The quantitative estimate of drug-likeness (QED) is 0.417. The summed E-state index contributed by atoms with van der Waals surface area (Å²) in [6.45, 7) is 2.36. The average Bonchev–Trinajstić information content (AvgIpc) is 2.42. The number of aliphatic hydroxyl groups excluding tert-OH is 2. The predicted molar refractivity (Wildman–Crippen MR) is 73.5 cm³/mol. The lowest BCUT2D eigenvalue weighted by molar-refractivity contribution is -0.383. The van der Waals surface area contributed by atoms with Crippen molar-refractivity contribution >= 4 is 17.1 Å². The molecule has 0 amide bonds. The Morgan fingerprint density at radius 3 is 2.74 bits per heavy atom. The summed E-state index contributed by atoms with van der Waals surface area (Å²) in [5.41, 5.74) is 0.874. The molecule has 1 atom stereocenters. The summed E-state index contributed by atoms with van der Waals surface area (Å²) in [4.78, 5) is 10.5. The molecule has 0 fully saturated rings. The Bertz CT molecular complexity index is 425. The molecule has 0 heterocycles. The Morgan fingerprint density at radius 2 is 2.16 bits per heavy atom. The molecular formula is C12H19N3O4. The van der Waals surface area contributed by atoms with Crippen molar-refractivity contribution in [1.29, 1.82) is 0 Å². The Morgan fingerprint density at radius 1 is 1.42 bits per heavy atom. The Hall–Kier alpha value is -1.86. The van der Waals surface area contributed by atoms with Gasteiger partial charge >= 0.3 is 0 Å². The van der Waals surface area contributed by atoms with Crippen LogP contribution in [0.4, 0.5) is 17.1 Å². The highest BCUT2D eigenvalue weighted by molar-refractivity contribution is 5.67. The van der Waals surface area contributed by atoms with Crippen LogP contribution in [0.5, 0.6) is 0 Å². The van der Waals surface area contributed by atoms with Crippen LogP contribution in [-0.4, -0.2) is 40.9 Å². The number of hydrogen-bond donors (Lipinski definition) is 4. The van der Waals surface area contributed by atoms with E-state index in [0.717, 1.165) is 0 Å². The Balaban J connectivity index is 2.80. The van der Waals surface area contributed by atoms with Gasteiger partial charge in [-0.1, -0.05) is 6.92 Å². The summed E-state index contributed by atoms with van der Waals surface area (Å²) >= 11 is 0. The number of nitro benzene ring substituents is 1. The van der Waals surface area contributed by atoms with E-state index in [1.807, 2.05) is 6.92 Å². The first kappa shape index (κ1) is 15.2. The maximum absolute atomic E-state index is 11.0. The van der Waals surface area contributed by atoms with Crippen molar-refractivity contribution in [3.63, 3.8) is 0 Å². The van der Waals surface area contributed by atoms with Crippen LogP contribution in [0.3, 0.4) is 0 Å². The molecule has 0 aliphatic rings. The molecule has 0 bridgehead atoms. The molecule has 106 valence electrons. The second kappa shape index (κ2) is 7.55. The van der Waals surface area contributed by atoms with Crippen molar-refractivity contribution in [1.82, 2.24) is 0 Å². The van der Waals surface area contributed by atoms with Gasteiger partial charge in [0.25, 0.3) is 5.69 Å². The zero-order valence-electron chi connectivity index (χ0n) is 10.8. The van der Waals surface area contributed by atoms with Crippen molar-refractivity contribution in [3.05, 3.63) is 28.3 Å². The van der Waals surface area contributed by atoms with Gasteiger partial charge in [-0.3, -0.25) is 10.1 Å². The van der Waals surface area contributed by atoms with Crippen molar-refractivity contribution < 1.29 is 15.1 Å². The van der Waals surface area contributed by atoms with E-state index in [9.17, 15) is 15.2 Å². The minimum atomic E-state index is -0.485. The summed E-state index contributed by atoms with van der Waals surface area (Å²) in [6.07, 6.45) is 0.136. The molecule has 1 rings (SSSR count). The van der Waals surface area contributed by atoms with Gasteiger partial charge in [-0.25, -0.2) is 0 Å². The van der Waals surface area contributed by atoms with Crippen LogP contribution in [0.1, 0.15) is 13.3 Å². The molecule has 7 heteroatoms. The maximum Gasteiger partial charge on any atom is 0.294 e. The predicted octanol–water partition coefficient (Wildman–Crippen LogP) is 1.18. The maximum atomic E-state index is 11.0. The highest BCUT2D eigenvalue weighted by Gasteiger charge is 2.14. The highest BCUT2D eigenvalue weighted by Crippen LogP contribution is 2.27. The van der Waals surface area contributed by atoms with Crippen molar-refractivity contribution in [2.24, 2.45) is 0 Å². The lowest BCUT2D eigenvalue weighted by Gasteiger charge is -2.12. The fraction of sp³-hybridized carbons (Fsp3) is 0.500. The number of nitro groups is 1. The third-order valence-corrected chi connectivity index (χ3v) is 2.63. The first-order valence-corrected chi connectivity index (χ1v) is 6.13. The van der Waals surface area contributed by atoms with E-state index < -0.39 is 11.0 Å². The van der Waals surface area contributed by atoms with Gasteiger partial charge in [0.2, 0.25) is 0 Å². The van der Waals surface area contributed by atoms with E-state index in [4.69, 9.17) is 5.11 Å².